The molecule has 0 aromatic rings. The minimum atomic E-state index is -1.56. The molecule has 3 fully saturated rings. The van der Waals surface area contributed by atoms with E-state index in [1.165, 1.54) is 0 Å². The Morgan fingerprint density at radius 2 is 2.08 bits per heavy atom. The first-order valence-corrected chi connectivity index (χ1v) is 9.66. The van der Waals surface area contributed by atoms with Crippen LogP contribution in [0.15, 0.2) is 23.8 Å². The van der Waals surface area contributed by atoms with E-state index >= 15 is 0 Å². The number of hydrogen-bond acceptors (Lipinski definition) is 5. The number of carbonyl (C=O) groups excluding carboxylic acids is 2. The van der Waals surface area contributed by atoms with Crippen LogP contribution in [0.3, 0.4) is 0 Å². The molecule has 0 unspecified atom stereocenters. The molecule has 26 heavy (non-hydrogen) atoms. The summed E-state index contributed by atoms with van der Waals surface area (Å²) in [4.78, 5) is 24.2. The van der Waals surface area contributed by atoms with E-state index in [9.17, 15) is 24.9 Å². The average Bonchev–Trinajstić information content (AvgIpc) is 2.86. The highest BCUT2D eigenvalue weighted by molar-refractivity contribution is 6.01. The molecule has 4 rings (SSSR count). The zero-order chi connectivity index (χ0) is 18.9. The molecule has 3 N–H and O–H groups in total. The molecule has 142 valence electrons. The van der Waals surface area contributed by atoms with Crippen molar-refractivity contribution in [3.63, 3.8) is 0 Å². The Morgan fingerprint density at radius 1 is 1.35 bits per heavy atom. The maximum atomic E-state index is 12.4. The van der Waals surface area contributed by atoms with Gasteiger partial charge in [0.1, 0.15) is 12.2 Å². The van der Waals surface area contributed by atoms with E-state index in [0.29, 0.717) is 12.8 Å². The van der Waals surface area contributed by atoms with Crippen LogP contribution in [0.1, 0.15) is 47.4 Å². The molecule has 5 nitrogen and oxygen atoms in total. The first kappa shape index (κ1) is 18.1. The van der Waals surface area contributed by atoms with Gasteiger partial charge in [-0.15, -0.1) is 0 Å². The number of hydrogen-bond donors (Lipinski definition) is 3. The number of allylic oxidation sites excluding steroid dienone is 4. The summed E-state index contributed by atoms with van der Waals surface area (Å²) in [6.07, 6.45) is 7.68. The van der Waals surface area contributed by atoms with Crippen molar-refractivity contribution in [2.24, 2.45) is 28.6 Å². The SMILES string of the molecule is C[C@]12C=CC(=O)C=C1CC[C@@H]1[C@@H]2[C@@H](O)C[C@@]2(C)[C@H]1CC[C@]2(O)C(=O)CO.[H+]. The van der Waals surface area contributed by atoms with E-state index < -0.39 is 29.5 Å². The van der Waals surface area contributed by atoms with Gasteiger partial charge in [-0.3, -0.25) is 9.59 Å². The Hall–Kier alpha value is -1.30. The van der Waals surface area contributed by atoms with Gasteiger partial charge in [-0.25, -0.2) is 0 Å². The number of fused-ring (bicyclic) bond motifs is 5. The van der Waals surface area contributed by atoms with E-state index in [-0.39, 0.29) is 30.4 Å². The third kappa shape index (κ3) is 2.08. The topological polar surface area (TPSA) is 94.8 Å². The second-order valence-electron chi connectivity index (χ2n) is 9.19. The zero-order valence-corrected chi connectivity index (χ0v) is 15.4. The number of aliphatic hydroxyl groups is 3. The van der Waals surface area contributed by atoms with Crippen LogP contribution in [0.4, 0.5) is 0 Å². The molecule has 0 aromatic carbocycles. The second kappa shape index (κ2) is 5.60. The van der Waals surface area contributed by atoms with Crippen molar-refractivity contribution in [3.8, 4) is 0 Å². The van der Waals surface area contributed by atoms with Crippen molar-refractivity contribution in [2.45, 2.75) is 57.7 Å². The van der Waals surface area contributed by atoms with Crippen molar-refractivity contribution in [1.29, 1.82) is 0 Å². The fourth-order valence-corrected chi connectivity index (χ4v) is 6.92. The molecule has 0 bridgehead atoms. The molecule has 0 amide bonds. The van der Waals surface area contributed by atoms with Crippen LogP contribution in [0, 0.1) is 28.6 Å². The Kier molecular flexibility index (Phi) is 3.89. The quantitative estimate of drug-likeness (QED) is 0.695. The fraction of sp³-hybridized carbons (Fsp3) is 0.714. The van der Waals surface area contributed by atoms with Crippen molar-refractivity contribution in [3.05, 3.63) is 23.8 Å². The normalized spacial score (nSPS) is 49.9. The lowest BCUT2D eigenvalue weighted by Gasteiger charge is -2.59. The maximum absolute atomic E-state index is 12.4. The van der Waals surface area contributed by atoms with E-state index in [2.05, 4.69) is 6.92 Å². The van der Waals surface area contributed by atoms with Crippen molar-refractivity contribution in [1.82, 2.24) is 0 Å². The molecule has 0 aromatic heterocycles. The van der Waals surface area contributed by atoms with Crippen LogP contribution in [-0.4, -0.2) is 45.2 Å². The Morgan fingerprint density at radius 3 is 2.77 bits per heavy atom. The average molecular weight is 361 g/mol. The van der Waals surface area contributed by atoms with Crippen molar-refractivity contribution in [2.75, 3.05) is 6.61 Å². The van der Waals surface area contributed by atoms with Crippen LogP contribution in [0.2, 0.25) is 0 Å². The summed E-state index contributed by atoms with van der Waals surface area (Å²) >= 11 is 0. The van der Waals surface area contributed by atoms with Crippen LogP contribution in [0.25, 0.3) is 0 Å². The van der Waals surface area contributed by atoms with E-state index in [1.54, 1.807) is 12.2 Å². The molecule has 4 aliphatic carbocycles. The summed E-state index contributed by atoms with van der Waals surface area (Å²) in [5.74, 6) is -0.227. The number of ketones is 2. The largest absolute Gasteiger partial charge is 1.00 e. The lowest BCUT2D eigenvalue weighted by Crippen LogP contribution is -2.61. The van der Waals surface area contributed by atoms with Gasteiger partial charge in [0.2, 0.25) is 0 Å². The molecule has 0 radical (unpaired) electrons. The van der Waals surface area contributed by atoms with Gasteiger partial charge >= 0.3 is 1.43 Å². The highest BCUT2D eigenvalue weighted by Crippen LogP contribution is 2.67. The first-order valence-electron chi connectivity index (χ1n) is 9.66. The predicted octanol–water partition coefficient (Wildman–Crippen LogP) is 1.67. The Bertz CT molecular complexity index is 730. The summed E-state index contributed by atoms with van der Waals surface area (Å²) in [5, 5.41) is 31.7. The molecule has 3 saturated carbocycles. The van der Waals surface area contributed by atoms with Gasteiger partial charge in [-0.1, -0.05) is 25.5 Å². The summed E-state index contributed by atoms with van der Waals surface area (Å²) in [6.45, 7) is 3.34. The van der Waals surface area contributed by atoms with E-state index in [4.69, 9.17) is 0 Å². The second-order valence-corrected chi connectivity index (χ2v) is 9.19. The molecule has 7 atom stereocenters. The fourth-order valence-electron chi connectivity index (χ4n) is 6.92. The first-order chi connectivity index (χ1) is 12.2. The predicted molar refractivity (Wildman–Crippen MR) is 96.2 cm³/mol. The van der Waals surface area contributed by atoms with Crippen molar-refractivity contribution >= 4 is 11.6 Å². The number of carbonyl (C=O) groups is 2. The number of rotatable bonds is 2. The minimum absolute atomic E-state index is 0. The Balaban J connectivity index is 0.00000210. The molecule has 0 saturated heterocycles. The number of aliphatic hydroxyl groups excluding tert-OH is 2. The van der Waals surface area contributed by atoms with Crippen LogP contribution < -0.4 is 0 Å². The lowest BCUT2D eigenvalue weighted by molar-refractivity contribution is -0.178. The van der Waals surface area contributed by atoms with E-state index in [0.717, 1.165) is 24.8 Å². The smallest absolute Gasteiger partial charge is 0.393 e. The third-order valence-electron chi connectivity index (χ3n) is 8.25. The summed E-state index contributed by atoms with van der Waals surface area (Å²) in [6, 6.07) is 0. The summed E-state index contributed by atoms with van der Waals surface area (Å²) in [5.41, 5.74) is -1.54. The van der Waals surface area contributed by atoms with Gasteiger partial charge in [0, 0.05) is 16.7 Å². The maximum Gasteiger partial charge on any atom is 1.00 e. The standard InChI is InChI=1S/C21H28O5/c1-19-7-5-13(23)9-12(19)3-4-14-15-6-8-21(26,17(25)11-22)20(15,2)10-16(24)18(14)19/h5,7,9,14-16,18,22,24,26H,3-4,6,8,10-11H2,1-2H3/p+1/t14-,15-,16-,18+,19-,20-,21-/m0/s1. The van der Waals surface area contributed by atoms with Gasteiger partial charge in [0.15, 0.2) is 11.6 Å². The molecule has 4 aliphatic rings. The van der Waals surface area contributed by atoms with Crippen molar-refractivity contribution < 1.29 is 26.3 Å². The molecule has 0 aliphatic heterocycles. The summed E-state index contributed by atoms with van der Waals surface area (Å²) in [7, 11) is 0. The molecule has 5 heteroatoms. The summed E-state index contributed by atoms with van der Waals surface area (Å²) < 4.78 is 0. The minimum Gasteiger partial charge on any atom is -0.393 e. The number of Topliss-reactive ketones (excluding diaryl/α,β-unsaturated/α-hetero) is 1. The molecular weight excluding hydrogens is 332 g/mol. The Labute approximate surface area is 155 Å². The van der Waals surface area contributed by atoms with Gasteiger partial charge in [-0.2, -0.15) is 0 Å². The highest BCUT2D eigenvalue weighted by atomic mass is 16.3. The zero-order valence-electron chi connectivity index (χ0n) is 16.4. The highest BCUT2D eigenvalue weighted by Gasteiger charge is 2.67. The van der Waals surface area contributed by atoms with Crippen LogP contribution in [-0.2, 0) is 9.59 Å². The van der Waals surface area contributed by atoms with Gasteiger partial charge < -0.3 is 15.3 Å². The van der Waals surface area contributed by atoms with Gasteiger partial charge in [-0.05, 0) is 56.1 Å². The van der Waals surface area contributed by atoms with Crippen LogP contribution in [0.5, 0.6) is 0 Å². The van der Waals surface area contributed by atoms with Crippen LogP contribution >= 0.6 is 0 Å². The third-order valence-corrected chi connectivity index (χ3v) is 8.25. The lowest BCUT2D eigenvalue weighted by atomic mass is 9.46. The molecule has 0 heterocycles. The molecule has 0 spiro atoms. The van der Waals surface area contributed by atoms with E-state index in [1.807, 2.05) is 13.0 Å². The van der Waals surface area contributed by atoms with Gasteiger partial charge in [0.25, 0.3) is 0 Å². The van der Waals surface area contributed by atoms with Gasteiger partial charge in [0.05, 0.1) is 6.10 Å². The monoisotopic (exact) mass is 361 g/mol. The molecular formula is C21H29O5+.